The Morgan fingerprint density at radius 3 is 2.87 bits per heavy atom. The Balaban J connectivity index is 2.46. The second kappa shape index (κ2) is 6.27. The third kappa shape index (κ3) is 3.42. The molecule has 0 bridgehead atoms. The van der Waals surface area contributed by atoms with Crippen molar-refractivity contribution >= 4 is 5.97 Å². The molecule has 0 spiro atoms. The predicted octanol–water partition coefficient (Wildman–Crippen LogP) is 3.19. The average molecular weight is 210 g/mol. The SMILES string of the molecule is CCCCCCc1occc1C(=O)OC. The molecule has 1 aromatic heterocycles. The summed E-state index contributed by atoms with van der Waals surface area (Å²) in [6, 6.07) is 1.67. The lowest BCUT2D eigenvalue weighted by atomic mass is 10.1. The minimum Gasteiger partial charge on any atom is -0.468 e. The number of furan rings is 1. The van der Waals surface area contributed by atoms with Crippen LogP contribution in [0.1, 0.15) is 48.7 Å². The van der Waals surface area contributed by atoms with Gasteiger partial charge >= 0.3 is 5.97 Å². The van der Waals surface area contributed by atoms with Gasteiger partial charge in [-0.25, -0.2) is 4.79 Å². The molecule has 0 aliphatic rings. The minimum absolute atomic E-state index is 0.311. The van der Waals surface area contributed by atoms with Crippen LogP contribution >= 0.6 is 0 Å². The lowest BCUT2D eigenvalue weighted by molar-refractivity contribution is 0.0598. The third-order valence-electron chi connectivity index (χ3n) is 2.41. The normalized spacial score (nSPS) is 10.3. The Labute approximate surface area is 90.4 Å². The summed E-state index contributed by atoms with van der Waals surface area (Å²) in [4.78, 5) is 11.3. The van der Waals surface area contributed by atoms with Gasteiger partial charge in [-0.2, -0.15) is 0 Å². The highest BCUT2D eigenvalue weighted by molar-refractivity contribution is 5.90. The van der Waals surface area contributed by atoms with Crippen molar-refractivity contribution in [2.24, 2.45) is 0 Å². The van der Waals surface area contributed by atoms with Gasteiger partial charge in [-0.3, -0.25) is 0 Å². The largest absolute Gasteiger partial charge is 0.468 e. The first-order valence-electron chi connectivity index (χ1n) is 5.44. The molecular formula is C12H18O3. The summed E-state index contributed by atoms with van der Waals surface area (Å²) in [5, 5.41) is 0. The van der Waals surface area contributed by atoms with E-state index < -0.39 is 0 Å². The summed E-state index contributed by atoms with van der Waals surface area (Å²) >= 11 is 0. The van der Waals surface area contributed by atoms with E-state index in [1.807, 2.05) is 0 Å². The monoisotopic (exact) mass is 210 g/mol. The van der Waals surface area contributed by atoms with Gasteiger partial charge in [-0.1, -0.05) is 26.2 Å². The fourth-order valence-electron chi connectivity index (χ4n) is 1.54. The molecule has 0 aliphatic heterocycles. The van der Waals surface area contributed by atoms with E-state index in [9.17, 15) is 4.79 Å². The number of hydrogen-bond donors (Lipinski definition) is 0. The predicted molar refractivity (Wildman–Crippen MR) is 57.9 cm³/mol. The average Bonchev–Trinajstić information content (AvgIpc) is 2.71. The molecule has 0 N–H and O–H groups in total. The maximum atomic E-state index is 11.3. The van der Waals surface area contributed by atoms with Gasteiger partial charge in [0.05, 0.1) is 13.4 Å². The molecule has 0 fully saturated rings. The highest BCUT2D eigenvalue weighted by Crippen LogP contribution is 2.15. The van der Waals surface area contributed by atoms with Gasteiger partial charge in [0.1, 0.15) is 11.3 Å². The van der Waals surface area contributed by atoms with Crippen molar-refractivity contribution in [2.75, 3.05) is 7.11 Å². The van der Waals surface area contributed by atoms with Crippen LogP contribution in [-0.2, 0) is 11.2 Å². The second-order valence-electron chi connectivity index (χ2n) is 3.56. The Morgan fingerprint density at radius 2 is 2.20 bits per heavy atom. The first kappa shape index (κ1) is 11.8. The number of aryl methyl sites for hydroxylation is 1. The molecule has 0 aromatic carbocycles. The maximum absolute atomic E-state index is 11.3. The van der Waals surface area contributed by atoms with Crippen molar-refractivity contribution in [1.82, 2.24) is 0 Å². The smallest absolute Gasteiger partial charge is 0.341 e. The number of rotatable bonds is 6. The third-order valence-corrected chi connectivity index (χ3v) is 2.41. The van der Waals surface area contributed by atoms with Gasteiger partial charge < -0.3 is 9.15 Å². The molecule has 0 saturated heterocycles. The van der Waals surface area contributed by atoms with Crippen LogP contribution in [0.25, 0.3) is 0 Å². The zero-order chi connectivity index (χ0) is 11.1. The molecule has 0 aliphatic carbocycles. The van der Waals surface area contributed by atoms with E-state index in [0.717, 1.165) is 18.6 Å². The Hall–Kier alpha value is -1.25. The number of methoxy groups -OCH3 is 1. The van der Waals surface area contributed by atoms with Crippen molar-refractivity contribution in [3.63, 3.8) is 0 Å². The summed E-state index contributed by atoms with van der Waals surface area (Å²) in [5.41, 5.74) is 0.564. The number of carbonyl (C=O) groups is 1. The van der Waals surface area contributed by atoms with E-state index >= 15 is 0 Å². The van der Waals surface area contributed by atoms with E-state index in [0.29, 0.717) is 5.56 Å². The van der Waals surface area contributed by atoms with Crippen LogP contribution in [0.4, 0.5) is 0 Å². The molecule has 0 unspecified atom stereocenters. The van der Waals surface area contributed by atoms with Crippen LogP contribution in [0.3, 0.4) is 0 Å². The molecule has 0 radical (unpaired) electrons. The van der Waals surface area contributed by atoms with Crippen molar-refractivity contribution < 1.29 is 13.9 Å². The zero-order valence-electron chi connectivity index (χ0n) is 9.41. The molecule has 1 heterocycles. The van der Waals surface area contributed by atoms with Gasteiger partial charge in [0.2, 0.25) is 0 Å². The van der Waals surface area contributed by atoms with Gasteiger partial charge in [0.15, 0.2) is 0 Å². The van der Waals surface area contributed by atoms with Crippen LogP contribution < -0.4 is 0 Å². The first-order chi connectivity index (χ1) is 7.29. The molecule has 15 heavy (non-hydrogen) atoms. The summed E-state index contributed by atoms with van der Waals surface area (Å²) < 4.78 is 9.93. The van der Waals surface area contributed by atoms with E-state index in [1.165, 1.54) is 26.4 Å². The minimum atomic E-state index is -0.311. The van der Waals surface area contributed by atoms with Gasteiger partial charge in [-0.15, -0.1) is 0 Å². The molecule has 3 nitrogen and oxygen atoms in total. The fourth-order valence-corrected chi connectivity index (χ4v) is 1.54. The standard InChI is InChI=1S/C12H18O3/c1-3-4-5-6-7-11-10(8-9-15-11)12(13)14-2/h8-9H,3-7H2,1-2H3. The molecule has 0 saturated carbocycles. The van der Waals surface area contributed by atoms with Crippen LogP contribution in [0.5, 0.6) is 0 Å². The quantitative estimate of drug-likeness (QED) is 0.534. The van der Waals surface area contributed by atoms with E-state index in [2.05, 4.69) is 11.7 Å². The molecule has 0 amide bonds. The topological polar surface area (TPSA) is 39.4 Å². The number of unbranched alkanes of at least 4 members (excludes halogenated alkanes) is 3. The van der Waals surface area contributed by atoms with Gasteiger partial charge in [0.25, 0.3) is 0 Å². The maximum Gasteiger partial charge on any atom is 0.341 e. The van der Waals surface area contributed by atoms with Crippen LogP contribution in [-0.4, -0.2) is 13.1 Å². The lowest BCUT2D eigenvalue weighted by Gasteiger charge is -2.00. The Kier molecular flexibility index (Phi) is 4.95. The summed E-state index contributed by atoms with van der Waals surface area (Å²) in [5.74, 6) is 0.437. The van der Waals surface area contributed by atoms with Crippen LogP contribution in [0.15, 0.2) is 16.7 Å². The zero-order valence-corrected chi connectivity index (χ0v) is 9.41. The number of carbonyl (C=O) groups excluding carboxylic acids is 1. The Bertz CT molecular complexity index is 302. The van der Waals surface area contributed by atoms with E-state index in [1.54, 1.807) is 12.3 Å². The van der Waals surface area contributed by atoms with Crippen molar-refractivity contribution in [3.8, 4) is 0 Å². The summed E-state index contributed by atoms with van der Waals surface area (Å²) in [6.45, 7) is 2.17. The lowest BCUT2D eigenvalue weighted by Crippen LogP contribution is -2.02. The summed E-state index contributed by atoms with van der Waals surface area (Å²) in [7, 11) is 1.39. The number of hydrogen-bond acceptors (Lipinski definition) is 3. The van der Waals surface area contributed by atoms with Crippen molar-refractivity contribution in [2.45, 2.75) is 39.0 Å². The number of ether oxygens (including phenoxy) is 1. The van der Waals surface area contributed by atoms with Crippen molar-refractivity contribution in [3.05, 3.63) is 23.7 Å². The van der Waals surface area contributed by atoms with Gasteiger partial charge in [-0.05, 0) is 12.5 Å². The van der Waals surface area contributed by atoms with Crippen LogP contribution in [0, 0.1) is 0 Å². The second-order valence-corrected chi connectivity index (χ2v) is 3.56. The molecule has 84 valence electrons. The highest BCUT2D eigenvalue weighted by Gasteiger charge is 2.13. The molecular weight excluding hydrogens is 192 g/mol. The fraction of sp³-hybridized carbons (Fsp3) is 0.583. The van der Waals surface area contributed by atoms with Crippen molar-refractivity contribution in [1.29, 1.82) is 0 Å². The molecule has 1 aromatic rings. The highest BCUT2D eigenvalue weighted by atomic mass is 16.5. The van der Waals surface area contributed by atoms with Crippen LogP contribution in [0.2, 0.25) is 0 Å². The Morgan fingerprint density at radius 1 is 1.40 bits per heavy atom. The molecule has 3 heteroatoms. The molecule has 0 atom stereocenters. The van der Waals surface area contributed by atoms with E-state index in [-0.39, 0.29) is 5.97 Å². The summed E-state index contributed by atoms with van der Waals surface area (Å²) in [6.07, 6.45) is 7.04. The van der Waals surface area contributed by atoms with E-state index in [4.69, 9.17) is 4.42 Å². The van der Waals surface area contributed by atoms with Gasteiger partial charge in [0, 0.05) is 6.42 Å². The number of esters is 1. The first-order valence-corrected chi connectivity index (χ1v) is 5.44. The molecule has 1 rings (SSSR count).